The van der Waals surface area contributed by atoms with Crippen molar-refractivity contribution < 1.29 is 0 Å². The summed E-state index contributed by atoms with van der Waals surface area (Å²) in [7, 11) is 0. The molecule has 0 atom stereocenters. The van der Waals surface area contributed by atoms with Crippen molar-refractivity contribution in [3.63, 3.8) is 0 Å². The van der Waals surface area contributed by atoms with Gasteiger partial charge in [0.05, 0.1) is 30.5 Å². The summed E-state index contributed by atoms with van der Waals surface area (Å²) in [6.07, 6.45) is 26.3. The Morgan fingerprint density at radius 3 is 1.79 bits per heavy atom. The average molecular weight is 819 g/mol. The van der Waals surface area contributed by atoms with Crippen molar-refractivity contribution in [2.75, 3.05) is 0 Å². The fourth-order valence-corrected chi connectivity index (χ4v) is 6.65. The predicted molar refractivity (Wildman–Crippen MR) is 242 cm³/mol. The quantitative estimate of drug-likeness (QED) is 0.166. The van der Waals surface area contributed by atoms with Gasteiger partial charge < -0.3 is 8.80 Å². The highest BCUT2D eigenvalue weighted by molar-refractivity contribution is 5.49. The van der Waals surface area contributed by atoms with Crippen molar-refractivity contribution in [2.24, 2.45) is 0 Å². The molecule has 0 aliphatic carbocycles. The van der Waals surface area contributed by atoms with E-state index in [2.05, 4.69) is 148 Å². The third kappa shape index (κ3) is 10.3. The second-order valence-corrected chi connectivity index (χ2v) is 16.3. The van der Waals surface area contributed by atoms with Gasteiger partial charge in [0.1, 0.15) is 5.65 Å². The van der Waals surface area contributed by atoms with E-state index < -0.39 is 0 Å². The van der Waals surface area contributed by atoms with E-state index >= 15 is 0 Å². The highest BCUT2D eigenvalue weighted by Gasteiger charge is 2.10. The summed E-state index contributed by atoms with van der Waals surface area (Å²) >= 11 is 0. The highest BCUT2D eigenvalue weighted by Crippen LogP contribution is 2.20. The summed E-state index contributed by atoms with van der Waals surface area (Å²) in [6.45, 7) is 23.6. The predicted octanol–water partition coefficient (Wildman–Crippen LogP) is 10.2. The number of pyridine rings is 1. The Bertz CT molecular complexity index is 2590. The van der Waals surface area contributed by atoms with Gasteiger partial charge >= 0.3 is 0 Å². The van der Waals surface area contributed by atoms with Crippen LogP contribution in [-0.4, -0.2) is 67.3 Å². The molecule has 14 heteroatoms. The van der Waals surface area contributed by atoms with Crippen molar-refractivity contribution >= 4 is 28.4 Å². The van der Waals surface area contributed by atoms with Crippen LogP contribution in [0.4, 0.5) is 0 Å². The molecular formula is C47H58N14. The van der Waals surface area contributed by atoms with Crippen LogP contribution in [0.3, 0.4) is 0 Å². The minimum Gasteiger partial charge on any atom is -0.304 e. The minimum atomic E-state index is 0.468. The van der Waals surface area contributed by atoms with Gasteiger partial charge in [0, 0.05) is 84.6 Å². The highest BCUT2D eigenvalue weighted by atomic mass is 15.3. The zero-order valence-corrected chi connectivity index (χ0v) is 37.2. The summed E-state index contributed by atoms with van der Waals surface area (Å²) in [5.74, 6) is 3.25. The Hall–Kier alpha value is -6.83. The molecule has 10 aromatic heterocycles. The Kier molecular flexibility index (Phi) is 14.3. The molecule has 0 saturated carbocycles. The Labute approximate surface area is 357 Å². The van der Waals surface area contributed by atoms with Gasteiger partial charge in [0.2, 0.25) is 5.78 Å². The molecule has 0 aromatic carbocycles. The zero-order chi connectivity index (χ0) is 43.6. The summed E-state index contributed by atoms with van der Waals surface area (Å²) in [5.41, 5.74) is 11.2. The monoisotopic (exact) mass is 818 g/mol. The number of aryl methyl sites for hydroxylation is 1. The first kappa shape index (κ1) is 43.7. The SMILES string of the molecule is CC(C)c1cnc2cccnn12.CC(C)c1cnc2cnccn12.CC(C)c1cnc2ncccn12.CC(C)c1cnn2cccnc12.Cc1cccn2c(C(C)C)cnc12. The lowest BCUT2D eigenvalue weighted by atomic mass is 10.1. The van der Waals surface area contributed by atoms with Crippen molar-refractivity contribution in [2.45, 2.75) is 106 Å². The Balaban J connectivity index is 0.000000128. The van der Waals surface area contributed by atoms with E-state index in [0.717, 1.165) is 34.1 Å². The first-order valence-corrected chi connectivity index (χ1v) is 20.9. The standard InChI is InChI=1S/C11H14N2.4C9H11N3/c1-8(2)10-7-12-11-9(3)5-4-6-13(10)11;1-7(2)8-5-11-9-6-10-3-4-12(8)9;1-7(2)8-6-11-9-10-4-3-5-12(8)9;1-7(2)8-6-11-12-5-3-4-10-9(8)12;1-7(2)8-6-10-9-4-3-5-11-12(8)9/h4-8H,1-3H3;4*3-7H,1-2H3. The molecule has 10 aromatic rings. The zero-order valence-electron chi connectivity index (χ0n) is 37.2. The summed E-state index contributed by atoms with van der Waals surface area (Å²) in [4.78, 5) is 29.5. The van der Waals surface area contributed by atoms with Gasteiger partial charge in [0.15, 0.2) is 16.9 Å². The molecule has 0 saturated heterocycles. The lowest BCUT2D eigenvalue weighted by Gasteiger charge is -2.04. The number of aromatic nitrogens is 14. The summed E-state index contributed by atoms with van der Waals surface area (Å²) in [5, 5.41) is 8.41. The Morgan fingerprint density at radius 2 is 1.05 bits per heavy atom. The van der Waals surface area contributed by atoms with Gasteiger partial charge in [-0.15, -0.1) is 0 Å². The molecule has 0 unspecified atom stereocenters. The number of rotatable bonds is 5. The van der Waals surface area contributed by atoms with E-state index in [9.17, 15) is 0 Å². The van der Waals surface area contributed by atoms with E-state index in [-0.39, 0.29) is 0 Å². The van der Waals surface area contributed by atoms with Crippen LogP contribution in [0, 0.1) is 6.92 Å². The fourth-order valence-electron chi connectivity index (χ4n) is 6.65. The molecule has 14 nitrogen and oxygen atoms in total. The number of nitrogens with zero attached hydrogens (tertiary/aromatic N) is 14. The number of hydrogen-bond acceptors (Lipinski definition) is 9. The van der Waals surface area contributed by atoms with Gasteiger partial charge in [-0.3, -0.25) is 9.38 Å². The second-order valence-electron chi connectivity index (χ2n) is 16.3. The second kappa shape index (κ2) is 19.9. The fraction of sp³-hybridized carbons (Fsp3) is 0.340. The van der Waals surface area contributed by atoms with Crippen LogP contribution in [0.5, 0.6) is 0 Å². The molecule has 0 fully saturated rings. The van der Waals surface area contributed by atoms with Gasteiger partial charge in [0.25, 0.3) is 0 Å². The smallest absolute Gasteiger partial charge is 0.233 e. The van der Waals surface area contributed by atoms with Crippen LogP contribution < -0.4 is 0 Å². The summed E-state index contributed by atoms with van der Waals surface area (Å²) < 4.78 is 9.93. The summed E-state index contributed by atoms with van der Waals surface area (Å²) in [6, 6.07) is 11.8. The van der Waals surface area contributed by atoms with Crippen LogP contribution in [0.2, 0.25) is 0 Å². The largest absolute Gasteiger partial charge is 0.304 e. The van der Waals surface area contributed by atoms with Crippen molar-refractivity contribution in [3.05, 3.63) is 157 Å². The number of imidazole rings is 4. The first-order chi connectivity index (χ1) is 29.3. The van der Waals surface area contributed by atoms with Crippen LogP contribution in [-0.2, 0) is 0 Å². The molecule has 0 N–H and O–H groups in total. The normalized spacial score (nSPS) is 11.3. The molecule has 0 amide bonds. The number of hydrogen-bond donors (Lipinski definition) is 0. The molecule has 10 heterocycles. The van der Waals surface area contributed by atoms with E-state index in [0.29, 0.717) is 29.6 Å². The molecular weight excluding hydrogens is 761 g/mol. The lowest BCUT2D eigenvalue weighted by molar-refractivity contribution is 0.759. The number of fused-ring (bicyclic) bond motifs is 5. The molecule has 0 aliphatic rings. The van der Waals surface area contributed by atoms with Crippen LogP contribution in [0.1, 0.15) is 133 Å². The molecule has 0 radical (unpaired) electrons. The maximum Gasteiger partial charge on any atom is 0.233 e. The topological polar surface area (TPSA) is 138 Å². The minimum absolute atomic E-state index is 0.468. The van der Waals surface area contributed by atoms with Crippen LogP contribution >= 0.6 is 0 Å². The molecule has 0 spiro atoms. The van der Waals surface area contributed by atoms with E-state index in [4.69, 9.17) is 0 Å². The lowest BCUT2D eigenvalue weighted by Crippen LogP contribution is -1.97. The van der Waals surface area contributed by atoms with Crippen molar-refractivity contribution in [1.82, 2.24) is 67.3 Å². The molecule has 0 bridgehead atoms. The molecule has 0 aliphatic heterocycles. The Morgan fingerprint density at radius 1 is 0.426 bits per heavy atom. The van der Waals surface area contributed by atoms with Crippen molar-refractivity contribution in [1.29, 1.82) is 0 Å². The molecule has 316 valence electrons. The van der Waals surface area contributed by atoms with E-state index in [1.165, 1.54) is 28.2 Å². The van der Waals surface area contributed by atoms with E-state index in [1.54, 1.807) is 35.5 Å². The maximum atomic E-state index is 4.40. The maximum absolute atomic E-state index is 4.40. The van der Waals surface area contributed by atoms with Gasteiger partial charge in [-0.05, 0) is 72.4 Å². The third-order valence-electron chi connectivity index (χ3n) is 10.0. The molecule has 61 heavy (non-hydrogen) atoms. The molecule has 10 rings (SSSR count). The van der Waals surface area contributed by atoms with Crippen molar-refractivity contribution in [3.8, 4) is 0 Å². The first-order valence-electron chi connectivity index (χ1n) is 20.9. The van der Waals surface area contributed by atoms with E-state index in [1.807, 2.05) is 82.8 Å². The van der Waals surface area contributed by atoms with Gasteiger partial charge in [-0.2, -0.15) is 10.2 Å². The van der Waals surface area contributed by atoms with Crippen LogP contribution in [0.25, 0.3) is 28.4 Å². The van der Waals surface area contributed by atoms with Crippen LogP contribution in [0.15, 0.2) is 123 Å². The van der Waals surface area contributed by atoms with Gasteiger partial charge in [-0.1, -0.05) is 75.3 Å². The third-order valence-corrected chi connectivity index (χ3v) is 10.0. The average Bonchev–Trinajstić information content (AvgIpc) is 4.10. The van der Waals surface area contributed by atoms with Gasteiger partial charge in [-0.25, -0.2) is 38.9 Å².